The Morgan fingerprint density at radius 1 is 1.05 bits per heavy atom. The van der Waals surface area contributed by atoms with Crippen molar-refractivity contribution in [2.45, 2.75) is 18.7 Å². The monoisotopic (exact) mass is 284 g/mol. The fourth-order valence-corrected chi connectivity index (χ4v) is 3.39. The van der Waals surface area contributed by atoms with E-state index in [9.17, 15) is 8.42 Å². The van der Waals surface area contributed by atoms with Gasteiger partial charge in [-0.3, -0.25) is 0 Å². The second-order valence-electron chi connectivity index (χ2n) is 5.37. The van der Waals surface area contributed by atoms with Crippen LogP contribution in [0.5, 0.6) is 0 Å². The minimum Gasteiger partial charge on any atom is -0.308 e. The molecule has 0 saturated carbocycles. The average molecular weight is 284 g/mol. The van der Waals surface area contributed by atoms with Crippen molar-refractivity contribution >= 4 is 10.0 Å². The van der Waals surface area contributed by atoms with Gasteiger partial charge in [0.2, 0.25) is 10.0 Å². The highest BCUT2D eigenvalue weighted by molar-refractivity contribution is 7.89. The van der Waals surface area contributed by atoms with E-state index in [0.29, 0.717) is 23.9 Å². The van der Waals surface area contributed by atoms with Gasteiger partial charge in [0.1, 0.15) is 0 Å². The van der Waals surface area contributed by atoms with Gasteiger partial charge in [0.05, 0.1) is 4.90 Å². The number of benzene rings is 1. The van der Waals surface area contributed by atoms with Crippen LogP contribution in [0.4, 0.5) is 0 Å². The Hall–Kier alpha value is -0.910. The van der Waals surface area contributed by atoms with Crippen LogP contribution in [0.25, 0.3) is 0 Å². The van der Waals surface area contributed by atoms with Crippen LogP contribution in [0.15, 0.2) is 35.2 Å². The molecule has 5 heteroatoms. The molecule has 1 aromatic carbocycles. The zero-order valence-electron chi connectivity index (χ0n) is 12.2. The molecule has 0 aliphatic rings. The fourth-order valence-electron chi connectivity index (χ4n) is 1.77. The molecule has 0 spiro atoms. The SMILES string of the molecule is CC(C)CN(CCN(C)C)S(=O)(=O)c1ccccc1. The zero-order chi connectivity index (χ0) is 14.5. The highest BCUT2D eigenvalue weighted by atomic mass is 32.2. The molecule has 1 rings (SSSR count). The van der Waals surface area contributed by atoms with E-state index in [1.165, 1.54) is 0 Å². The lowest BCUT2D eigenvalue weighted by molar-refractivity contribution is 0.312. The van der Waals surface area contributed by atoms with Crippen LogP contribution in [-0.4, -0.2) is 51.4 Å². The third kappa shape index (κ3) is 4.93. The summed E-state index contributed by atoms with van der Waals surface area (Å²) in [5.74, 6) is 0.306. The number of sulfonamides is 1. The average Bonchev–Trinajstić information content (AvgIpc) is 2.34. The summed E-state index contributed by atoms with van der Waals surface area (Å²) in [4.78, 5) is 2.36. The van der Waals surface area contributed by atoms with Gasteiger partial charge < -0.3 is 4.90 Å². The maximum atomic E-state index is 12.6. The standard InChI is InChI=1S/C14H24N2O2S/c1-13(2)12-16(11-10-15(3)4)19(17,18)14-8-6-5-7-9-14/h5-9,13H,10-12H2,1-4H3. The van der Waals surface area contributed by atoms with Gasteiger partial charge in [-0.15, -0.1) is 0 Å². The highest BCUT2D eigenvalue weighted by Gasteiger charge is 2.24. The van der Waals surface area contributed by atoms with Gasteiger partial charge in [-0.05, 0) is 32.1 Å². The van der Waals surface area contributed by atoms with Crippen molar-refractivity contribution in [1.82, 2.24) is 9.21 Å². The molecule has 0 bridgehead atoms. The normalized spacial score (nSPS) is 12.6. The lowest BCUT2D eigenvalue weighted by Crippen LogP contribution is -2.38. The molecule has 0 radical (unpaired) electrons. The first-order chi connectivity index (χ1) is 8.84. The first kappa shape index (κ1) is 16.1. The number of nitrogens with zero attached hydrogens (tertiary/aromatic N) is 2. The van der Waals surface area contributed by atoms with E-state index in [0.717, 1.165) is 6.54 Å². The molecule has 0 aromatic heterocycles. The Bertz CT molecular complexity index is 469. The summed E-state index contributed by atoms with van der Waals surface area (Å²) in [6.07, 6.45) is 0. The second kappa shape index (κ2) is 7.03. The smallest absolute Gasteiger partial charge is 0.243 e. The minimum atomic E-state index is -3.39. The summed E-state index contributed by atoms with van der Waals surface area (Å²) in [7, 11) is 0.509. The van der Waals surface area contributed by atoms with Gasteiger partial charge in [-0.2, -0.15) is 4.31 Å². The fraction of sp³-hybridized carbons (Fsp3) is 0.571. The van der Waals surface area contributed by atoms with Crippen LogP contribution in [-0.2, 0) is 10.0 Å². The van der Waals surface area contributed by atoms with Crippen molar-refractivity contribution in [2.24, 2.45) is 5.92 Å². The Kier molecular flexibility index (Phi) is 5.97. The molecule has 0 aliphatic carbocycles. The molecule has 108 valence electrons. The van der Waals surface area contributed by atoms with E-state index in [2.05, 4.69) is 0 Å². The summed E-state index contributed by atoms with van der Waals surface area (Å²) in [5, 5.41) is 0. The van der Waals surface area contributed by atoms with Crippen molar-refractivity contribution in [1.29, 1.82) is 0 Å². The van der Waals surface area contributed by atoms with Gasteiger partial charge in [-0.25, -0.2) is 8.42 Å². The van der Waals surface area contributed by atoms with Gasteiger partial charge in [-0.1, -0.05) is 32.0 Å². The Morgan fingerprint density at radius 2 is 1.63 bits per heavy atom. The Labute approximate surface area is 117 Å². The molecule has 19 heavy (non-hydrogen) atoms. The highest BCUT2D eigenvalue weighted by Crippen LogP contribution is 2.16. The van der Waals surface area contributed by atoms with E-state index >= 15 is 0 Å². The van der Waals surface area contributed by atoms with Gasteiger partial charge in [0.15, 0.2) is 0 Å². The first-order valence-electron chi connectivity index (χ1n) is 6.54. The molecule has 0 saturated heterocycles. The predicted octanol–water partition coefficient (Wildman–Crippen LogP) is 1.89. The third-order valence-electron chi connectivity index (χ3n) is 2.75. The quantitative estimate of drug-likeness (QED) is 0.768. The van der Waals surface area contributed by atoms with Gasteiger partial charge in [0, 0.05) is 19.6 Å². The maximum absolute atomic E-state index is 12.6. The largest absolute Gasteiger partial charge is 0.308 e. The van der Waals surface area contributed by atoms with E-state index in [1.807, 2.05) is 38.9 Å². The lowest BCUT2D eigenvalue weighted by atomic mass is 10.2. The summed E-state index contributed by atoms with van der Waals surface area (Å²) < 4.78 is 26.8. The van der Waals surface area contributed by atoms with E-state index in [1.54, 1.807) is 28.6 Å². The van der Waals surface area contributed by atoms with Gasteiger partial charge >= 0.3 is 0 Å². The van der Waals surface area contributed by atoms with E-state index in [-0.39, 0.29) is 0 Å². The van der Waals surface area contributed by atoms with Crippen LogP contribution in [0.1, 0.15) is 13.8 Å². The molecule has 0 atom stereocenters. The summed E-state index contributed by atoms with van der Waals surface area (Å²) >= 11 is 0. The number of rotatable bonds is 7. The van der Waals surface area contributed by atoms with Crippen LogP contribution >= 0.6 is 0 Å². The van der Waals surface area contributed by atoms with Crippen LogP contribution < -0.4 is 0 Å². The number of hydrogen-bond donors (Lipinski definition) is 0. The summed E-state index contributed by atoms with van der Waals surface area (Å²) in [5.41, 5.74) is 0. The molecule has 0 aliphatic heterocycles. The van der Waals surface area contributed by atoms with Crippen molar-refractivity contribution < 1.29 is 8.42 Å². The first-order valence-corrected chi connectivity index (χ1v) is 7.98. The van der Waals surface area contributed by atoms with Crippen LogP contribution in [0, 0.1) is 5.92 Å². The van der Waals surface area contributed by atoms with Crippen molar-refractivity contribution in [3.05, 3.63) is 30.3 Å². The molecule has 4 nitrogen and oxygen atoms in total. The molecule has 0 fully saturated rings. The maximum Gasteiger partial charge on any atom is 0.243 e. The molecule has 0 amide bonds. The van der Waals surface area contributed by atoms with Crippen LogP contribution in [0.2, 0.25) is 0 Å². The second-order valence-corrected chi connectivity index (χ2v) is 7.31. The number of hydrogen-bond acceptors (Lipinski definition) is 3. The lowest BCUT2D eigenvalue weighted by Gasteiger charge is -2.25. The van der Waals surface area contributed by atoms with Crippen molar-refractivity contribution in [2.75, 3.05) is 33.7 Å². The molecule has 0 heterocycles. The van der Waals surface area contributed by atoms with E-state index < -0.39 is 10.0 Å². The molecule has 1 aromatic rings. The predicted molar refractivity (Wildman–Crippen MR) is 78.6 cm³/mol. The third-order valence-corrected chi connectivity index (χ3v) is 4.63. The molecule has 0 unspecified atom stereocenters. The Morgan fingerprint density at radius 3 is 2.11 bits per heavy atom. The van der Waals surface area contributed by atoms with Crippen LogP contribution in [0.3, 0.4) is 0 Å². The van der Waals surface area contributed by atoms with Crippen molar-refractivity contribution in [3.8, 4) is 0 Å². The Balaban J connectivity index is 2.95. The molecule has 0 N–H and O–H groups in total. The summed E-state index contributed by atoms with van der Waals surface area (Å²) in [6.45, 7) is 5.85. The van der Waals surface area contributed by atoms with E-state index in [4.69, 9.17) is 0 Å². The number of likely N-dealkylation sites (N-methyl/N-ethyl adjacent to an activating group) is 1. The van der Waals surface area contributed by atoms with Crippen molar-refractivity contribution in [3.63, 3.8) is 0 Å². The summed E-state index contributed by atoms with van der Waals surface area (Å²) in [6, 6.07) is 8.64. The molecular weight excluding hydrogens is 260 g/mol. The topological polar surface area (TPSA) is 40.6 Å². The zero-order valence-corrected chi connectivity index (χ0v) is 13.0. The van der Waals surface area contributed by atoms with Gasteiger partial charge in [0.25, 0.3) is 0 Å². The molecular formula is C14H24N2O2S. The minimum absolute atomic E-state index is 0.306.